The molecular formula is C38H75O3P. The minimum Gasteiger partial charge on any atom is -0.388 e. The smallest absolute Gasteiger partial charge is 0.164 e. The molecule has 0 bridgehead atoms. The highest BCUT2D eigenvalue weighted by atomic mass is 31.1. The Kier molecular flexibility index (Phi) is 33.4. The summed E-state index contributed by atoms with van der Waals surface area (Å²) in [7, 11) is -1.55. The summed E-state index contributed by atoms with van der Waals surface area (Å²) in [5.74, 6) is -0.798. The minimum absolute atomic E-state index is 0.0284. The van der Waals surface area contributed by atoms with Crippen molar-refractivity contribution in [2.75, 3.05) is 0 Å². The highest BCUT2D eigenvalue weighted by Crippen LogP contribution is 2.45. The van der Waals surface area contributed by atoms with Gasteiger partial charge in [-0.2, -0.15) is 0 Å². The van der Waals surface area contributed by atoms with Crippen LogP contribution in [0.25, 0.3) is 0 Å². The van der Waals surface area contributed by atoms with Crippen LogP contribution in [-0.4, -0.2) is 22.0 Å². The quantitative estimate of drug-likeness (QED) is 0.0573. The molecule has 0 rings (SSSR count). The number of carbonyl (C=O) groups is 2. The zero-order chi connectivity index (χ0) is 30.9. The molecule has 0 aliphatic carbocycles. The van der Waals surface area contributed by atoms with Crippen molar-refractivity contribution in [3.63, 3.8) is 0 Å². The first-order chi connectivity index (χ1) is 20.5. The van der Waals surface area contributed by atoms with Crippen LogP contribution in [0.4, 0.5) is 0 Å². The SMILES string of the molecule is CCCCCCCCCCCCCCCCCC(=O)P(C(=O)CCCCCCCCCCCCCCCCC)C(C)O. The fourth-order valence-corrected chi connectivity index (χ4v) is 8.00. The summed E-state index contributed by atoms with van der Waals surface area (Å²) in [6.45, 7) is 6.19. The standard InChI is InChI=1S/C38H75O3P/c1-4-6-8-10-12-14-16-18-20-22-24-26-28-30-32-34-37(40)42(36(3)39)38(41)35-33-31-29-27-25-23-21-19-17-15-13-11-9-7-5-2/h36,39H,4-35H2,1-3H3. The molecule has 0 aromatic heterocycles. The van der Waals surface area contributed by atoms with Crippen molar-refractivity contribution in [3.05, 3.63) is 0 Å². The van der Waals surface area contributed by atoms with Crippen molar-refractivity contribution >= 4 is 19.0 Å². The van der Waals surface area contributed by atoms with E-state index in [0.717, 1.165) is 25.7 Å². The van der Waals surface area contributed by atoms with Gasteiger partial charge in [-0.1, -0.05) is 194 Å². The molecular weight excluding hydrogens is 535 g/mol. The van der Waals surface area contributed by atoms with Gasteiger partial charge in [-0.05, 0) is 19.8 Å². The monoisotopic (exact) mass is 611 g/mol. The number of hydrogen-bond donors (Lipinski definition) is 1. The lowest BCUT2D eigenvalue weighted by atomic mass is 10.0. The number of carbonyl (C=O) groups excluding carboxylic acids is 2. The molecule has 3 nitrogen and oxygen atoms in total. The zero-order valence-corrected chi connectivity index (χ0v) is 29.8. The van der Waals surface area contributed by atoms with E-state index in [9.17, 15) is 14.7 Å². The molecule has 0 aliphatic rings. The highest BCUT2D eigenvalue weighted by molar-refractivity contribution is 7.89. The maximum atomic E-state index is 12.8. The number of unbranched alkanes of at least 4 members (excludes halogenated alkanes) is 28. The molecule has 4 heteroatoms. The van der Waals surface area contributed by atoms with E-state index in [1.165, 1.54) is 167 Å². The number of hydrogen-bond acceptors (Lipinski definition) is 3. The van der Waals surface area contributed by atoms with Crippen LogP contribution in [0.2, 0.25) is 0 Å². The molecule has 0 aliphatic heterocycles. The van der Waals surface area contributed by atoms with Gasteiger partial charge >= 0.3 is 0 Å². The van der Waals surface area contributed by atoms with E-state index in [0.29, 0.717) is 12.8 Å². The molecule has 0 radical (unpaired) electrons. The molecule has 0 heterocycles. The summed E-state index contributed by atoms with van der Waals surface area (Å²) in [6.07, 6.45) is 40.1. The summed E-state index contributed by atoms with van der Waals surface area (Å²) in [5.41, 5.74) is 0.0568. The van der Waals surface area contributed by atoms with E-state index in [1.807, 2.05) is 0 Å². The van der Waals surface area contributed by atoms with Crippen LogP contribution in [0.1, 0.15) is 226 Å². The summed E-state index contributed by atoms with van der Waals surface area (Å²) >= 11 is 0. The largest absolute Gasteiger partial charge is 0.388 e. The molecule has 42 heavy (non-hydrogen) atoms. The van der Waals surface area contributed by atoms with E-state index in [2.05, 4.69) is 13.8 Å². The first-order valence-corrected chi connectivity index (χ1v) is 20.5. The Morgan fingerprint density at radius 1 is 0.405 bits per heavy atom. The van der Waals surface area contributed by atoms with E-state index in [4.69, 9.17) is 0 Å². The van der Waals surface area contributed by atoms with Gasteiger partial charge in [-0.25, -0.2) is 0 Å². The third kappa shape index (κ3) is 28.5. The van der Waals surface area contributed by atoms with Gasteiger partial charge in [-0.15, -0.1) is 0 Å². The van der Waals surface area contributed by atoms with Crippen molar-refractivity contribution in [2.24, 2.45) is 0 Å². The molecule has 0 aromatic carbocycles. The minimum atomic E-state index is -1.55. The van der Waals surface area contributed by atoms with Crippen LogP contribution in [0, 0.1) is 0 Å². The van der Waals surface area contributed by atoms with Crippen LogP contribution >= 0.6 is 7.92 Å². The van der Waals surface area contributed by atoms with Gasteiger partial charge in [0.2, 0.25) is 0 Å². The summed E-state index contributed by atoms with van der Waals surface area (Å²) in [5, 5.41) is 10.2. The van der Waals surface area contributed by atoms with E-state index < -0.39 is 13.8 Å². The van der Waals surface area contributed by atoms with E-state index >= 15 is 0 Å². The Balaban J connectivity index is 3.65. The number of rotatable bonds is 35. The van der Waals surface area contributed by atoms with Gasteiger partial charge in [0.15, 0.2) is 11.0 Å². The van der Waals surface area contributed by atoms with Crippen molar-refractivity contribution in [3.8, 4) is 0 Å². The van der Waals surface area contributed by atoms with Gasteiger partial charge in [0, 0.05) is 12.8 Å². The predicted octanol–water partition coefficient (Wildman–Crippen LogP) is 13.4. The van der Waals surface area contributed by atoms with Crippen molar-refractivity contribution < 1.29 is 14.7 Å². The van der Waals surface area contributed by atoms with Crippen LogP contribution < -0.4 is 0 Å². The van der Waals surface area contributed by atoms with Crippen LogP contribution in [-0.2, 0) is 9.59 Å². The summed E-state index contributed by atoms with van der Waals surface area (Å²) in [6, 6.07) is 0. The Labute approximate surface area is 265 Å². The molecule has 1 unspecified atom stereocenters. The van der Waals surface area contributed by atoms with Crippen LogP contribution in [0.15, 0.2) is 0 Å². The Bertz CT molecular complexity index is 531. The fraction of sp³-hybridized carbons (Fsp3) is 0.947. The summed E-state index contributed by atoms with van der Waals surface area (Å²) in [4.78, 5) is 25.5. The fourth-order valence-electron chi connectivity index (χ4n) is 6.09. The van der Waals surface area contributed by atoms with E-state index in [1.54, 1.807) is 6.92 Å². The predicted molar refractivity (Wildman–Crippen MR) is 188 cm³/mol. The first kappa shape index (κ1) is 41.7. The average Bonchev–Trinajstić information content (AvgIpc) is 2.97. The number of aliphatic hydroxyl groups excluding tert-OH is 1. The summed E-state index contributed by atoms with van der Waals surface area (Å²) < 4.78 is 0. The van der Waals surface area contributed by atoms with Crippen LogP contribution in [0.3, 0.4) is 0 Å². The maximum Gasteiger partial charge on any atom is 0.164 e. The van der Waals surface area contributed by atoms with Gasteiger partial charge in [-0.3, -0.25) is 9.59 Å². The normalized spacial score (nSPS) is 12.3. The first-order valence-electron chi connectivity index (χ1n) is 19.1. The zero-order valence-electron chi connectivity index (χ0n) is 28.9. The Hall–Kier alpha value is -0.270. The molecule has 1 atom stereocenters. The maximum absolute atomic E-state index is 12.8. The van der Waals surface area contributed by atoms with Gasteiger partial charge in [0.1, 0.15) is 0 Å². The molecule has 0 saturated carbocycles. The topological polar surface area (TPSA) is 54.4 Å². The third-order valence-electron chi connectivity index (χ3n) is 8.90. The molecule has 0 fully saturated rings. The lowest BCUT2D eigenvalue weighted by Gasteiger charge is -2.17. The molecule has 0 aromatic rings. The van der Waals surface area contributed by atoms with Gasteiger partial charge < -0.3 is 5.11 Å². The number of aliphatic hydroxyl groups is 1. The molecule has 0 saturated heterocycles. The lowest BCUT2D eigenvalue weighted by Crippen LogP contribution is -2.14. The molecule has 0 amide bonds. The van der Waals surface area contributed by atoms with Crippen molar-refractivity contribution in [2.45, 2.75) is 232 Å². The molecule has 0 spiro atoms. The molecule has 1 N–H and O–H groups in total. The third-order valence-corrected chi connectivity index (χ3v) is 11.2. The second-order valence-corrected chi connectivity index (χ2v) is 15.7. The van der Waals surface area contributed by atoms with Gasteiger partial charge in [0.25, 0.3) is 0 Å². The van der Waals surface area contributed by atoms with E-state index in [-0.39, 0.29) is 11.0 Å². The van der Waals surface area contributed by atoms with Crippen LogP contribution in [0.5, 0.6) is 0 Å². The highest BCUT2D eigenvalue weighted by Gasteiger charge is 2.29. The second kappa shape index (κ2) is 33.6. The van der Waals surface area contributed by atoms with Gasteiger partial charge in [0.05, 0.1) is 13.8 Å². The Morgan fingerprint density at radius 2 is 0.595 bits per heavy atom. The van der Waals surface area contributed by atoms with Crippen molar-refractivity contribution in [1.82, 2.24) is 0 Å². The average molecular weight is 611 g/mol. The lowest BCUT2D eigenvalue weighted by molar-refractivity contribution is -0.114. The van der Waals surface area contributed by atoms with Crippen molar-refractivity contribution in [1.29, 1.82) is 0 Å². The molecule has 250 valence electrons. The Morgan fingerprint density at radius 3 is 0.786 bits per heavy atom. The second-order valence-electron chi connectivity index (χ2n) is 13.2.